The molecule has 6 nitrogen and oxygen atoms in total. The second-order valence-corrected chi connectivity index (χ2v) is 8.16. The summed E-state index contributed by atoms with van der Waals surface area (Å²) in [7, 11) is 0. The molecule has 31 heavy (non-hydrogen) atoms. The molecule has 1 saturated heterocycles. The Labute approximate surface area is 182 Å². The molecule has 2 N–H and O–H groups in total. The van der Waals surface area contributed by atoms with Gasteiger partial charge in [0.25, 0.3) is 0 Å². The van der Waals surface area contributed by atoms with Crippen LogP contribution in [0.15, 0.2) is 45.6 Å². The smallest absolute Gasteiger partial charge is 0.336 e. The highest BCUT2D eigenvalue weighted by molar-refractivity contribution is 5.86. The van der Waals surface area contributed by atoms with Gasteiger partial charge in [-0.1, -0.05) is 19.1 Å². The van der Waals surface area contributed by atoms with Crippen LogP contribution >= 0.6 is 0 Å². The van der Waals surface area contributed by atoms with E-state index in [1.165, 1.54) is 11.0 Å². The fourth-order valence-electron chi connectivity index (χ4n) is 4.49. The average Bonchev–Trinajstić information content (AvgIpc) is 2.77. The summed E-state index contributed by atoms with van der Waals surface area (Å²) in [6.07, 6.45) is 0.727. The van der Waals surface area contributed by atoms with Gasteiger partial charge in [-0.25, -0.2) is 4.79 Å². The normalized spacial score (nSPS) is 14.9. The first-order valence-electron chi connectivity index (χ1n) is 11.1. The van der Waals surface area contributed by atoms with Crippen LogP contribution in [0.3, 0.4) is 0 Å². The van der Waals surface area contributed by atoms with Crippen molar-refractivity contribution in [1.29, 1.82) is 0 Å². The van der Waals surface area contributed by atoms with E-state index in [1.54, 1.807) is 0 Å². The van der Waals surface area contributed by atoms with Crippen LogP contribution in [-0.2, 0) is 13.0 Å². The molecule has 1 aliphatic rings. The van der Waals surface area contributed by atoms with Crippen LogP contribution in [0, 0.1) is 6.92 Å². The van der Waals surface area contributed by atoms with Gasteiger partial charge in [0.05, 0.1) is 44.0 Å². The van der Waals surface area contributed by atoms with E-state index in [1.807, 2.05) is 45.0 Å². The second kappa shape index (κ2) is 9.02. The lowest BCUT2D eigenvalue weighted by Crippen LogP contribution is -3.13. The monoisotopic (exact) mass is 423 g/mol. The Morgan fingerprint density at radius 2 is 1.90 bits per heavy atom. The summed E-state index contributed by atoms with van der Waals surface area (Å²) in [5.74, 6) is 1.19. The fourth-order valence-corrected chi connectivity index (χ4v) is 4.49. The molecule has 0 radical (unpaired) electrons. The van der Waals surface area contributed by atoms with Gasteiger partial charge in [-0.15, -0.1) is 0 Å². The highest BCUT2D eigenvalue weighted by Gasteiger charge is 2.26. The van der Waals surface area contributed by atoms with E-state index in [4.69, 9.17) is 9.15 Å². The molecule has 0 amide bonds. The summed E-state index contributed by atoms with van der Waals surface area (Å²) in [5, 5.41) is 11.8. The molecule has 1 aliphatic heterocycles. The molecule has 6 heteroatoms. The molecule has 0 spiro atoms. The number of aryl methyl sites for hydroxylation is 2. The van der Waals surface area contributed by atoms with Gasteiger partial charge in [-0.05, 0) is 49.6 Å². The summed E-state index contributed by atoms with van der Waals surface area (Å²) in [6.45, 7) is 10.9. The van der Waals surface area contributed by atoms with Crippen LogP contribution in [0.25, 0.3) is 11.0 Å². The van der Waals surface area contributed by atoms with E-state index in [2.05, 4.69) is 11.0 Å². The number of fused-ring (bicyclic) bond motifs is 1. The number of ether oxygens (including phenoxy) is 1. The lowest BCUT2D eigenvalue weighted by molar-refractivity contribution is -0.914. The summed E-state index contributed by atoms with van der Waals surface area (Å²) >= 11 is 0. The van der Waals surface area contributed by atoms with Gasteiger partial charge in [0.15, 0.2) is 5.58 Å². The first kappa shape index (κ1) is 21.2. The van der Waals surface area contributed by atoms with Crippen molar-refractivity contribution in [3.8, 4) is 11.5 Å². The summed E-state index contributed by atoms with van der Waals surface area (Å²) in [4.78, 5) is 15.7. The zero-order valence-electron chi connectivity index (χ0n) is 18.5. The predicted octanol–water partition coefficient (Wildman–Crippen LogP) is 2.67. The van der Waals surface area contributed by atoms with Crippen molar-refractivity contribution in [2.45, 2.75) is 33.7 Å². The molecule has 1 aromatic heterocycles. The minimum absolute atomic E-state index is 0.264. The molecule has 2 aromatic carbocycles. The number of benzene rings is 2. The van der Waals surface area contributed by atoms with Crippen LogP contribution in [0.2, 0.25) is 0 Å². The summed E-state index contributed by atoms with van der Waals surface area (Å²) < 4.78 is 11.4. The van der Waals surface area contributed by atoms with Crippen LogP contribution < -0.4 is 20.2 Å². The molecule has 0 saturated carbocycles. The number of nitrogens with one attached hydrogen (secondary N) is 1. The van der Waals surface area contributed by atoms with Crippen molar-refractivity contribution in [1.82, 2.24) is 0 Å². The molecule has 0 unspecified atom stereocenters. The first-order valence-corrected chi connectivity index (χ1v) is 11.1. The molecule has 4 rings (SSSR count). The maximum absolute atomic E-state index is 12.0. The second-order valence-electron chi connectivity index (χ2n) is 8.16. The van der Waals surface area contributed by atoms with Crippen molar-refractivity contribution in [3.63, 3.8) is 0 Å². The number of rotatable bonds is 6. The summed E-state index contributed by atoms with van der Waals surface area (Å²) in [5.41, 5.74) is 3.80. The standard InChI is InChI=1S/C25H30N2O4/c1-4-18-15-19-17(3)14-23(28)31-25(19)20(24(18)29)16-26-10-12-27(13-11-26)21-8-6-7-9-22(21)30-5-2/h6-9,14-15,29H,4-5,10-13,16H2,1-3H3/p+1. The van der Waals surface area contributed by atoms with Crippen LogP contribution in [-0.4, -0.2) is 37.9 Å². The van der Waals surface area contributed by atoms with Crippen LogP contribution in [0.1, 0.15) is 30.5 Å². The third-order valence-corrected chi connectivity index (χ3v) is 6.17. The third kappa shape index (κ3) is 4.26. The largest absolute Gasteiger partial charge is 0.507 e. The van der Waals surface area contributed by atoms with Gasteiger partial charge in [0.1, 0.15) is 18.0 Å². The Hall–Kier alpha value is -2.99. The van der Waals surface area contributed by atoms with Gasteiger partial charge >= 0.3 is 5.63 Å². The van der Waals surface area contributed by atoms with Crippen molar-refractivity contribution < 1.29 is 19.2 Å². The topological polar surface area (TPSA) is 67.3 Å². The van der Waals surface area contributed by atoms with Gasteiger partial charge in [0, 0.05) is 11.5 Å². The molecule has 0 aliphatic carbocycles. The molecular weight excluding hydrogens is 392 g/mol. The van der Waals surface area contributed by atoms with Crippen molar-refractivity contribution >= 4 is 16.7 Å². The van der Waals surface area contributed by atoms with Gasteiger partial charge in [0.2, 0.25) is 0 Å². The number of anilines is 1. The molecule has 2 heterocycles. The number of phenols is 1. The van der Waals surface area contributed by atoms with Gasteiger partial charge in [-0.3, -0.25) is 0 Å². The Bertz CT molecular complexity index is 1130. The van der Waals surface area contributed by atoms with Crippen molar-refractivity contribution in [2.75, 3.05) is 37.7 Å². The SMILES string of the molecule is CCOc1ccccc1N1CC[NH+](Cc2c(O)c(CC)cc3c(C)cc(=O)oc23)CC1. The first-order chi connectivity index (χ1) is 15.0. The highest BCUT2D eigenvalue weighted by Crippen LogP contribution is 2.32. The number of quaternary nitrogens is 1. The molecular formula is C25H31N2O4+. The van der Waals surface area contributed by atoms with Gasteiger partial charge < -0.3 is 24.1 Å². The average molecular weight is 424 g/mol. The van der Waals surface area contributed by atoms with Crippen LogP contribution in [0.4, 0.5) is 5.69 Å². The highest BCUT2D eigenvalue weighted by atomic mass is 16.5. The Kier molecular flexibility index (Phi) is 6.18. The molecule has 0 bridgehead atoms. The molecule has 164 valence electrons. The number of phenolic OH excluding ortho intramolecular Hbond substituents is 1. The number of aromatic hydroxyl groups is 1. The number of para-hydroxylation sites is 2. The Morgan fingerprint density at radius 3 is 2.61 bits per heavy atom. The number of piperazine rings is 1. The van der Waals surface area contributed by atoms with E-state index in [0.29, 0.717) is 18.7 Å². The Balaban J connectivity index is 1.58. The van der Waals surface area contributed by atoms with E-state index in [0.717, 1.165) is 66.1 Å². The lowest BCUT2D eigenvalue weighted by Gasteiger charge is -2.34. The van der Waals surface area contributed by atoms with E-state index < -0.39 is 0 Å². The quantitative estimate of drug-likeness (QED) is 0.597. The van der Waals surface area contributed by atoms with E-state index in [-0.39, 0.29) is 11.4 Å². The van der Waals surface area contributed by atoms with Crippen molar-refractivity contribution in [2.24, 2.45) is 0 Å². The summed E-state index contributed by atoms with van der Waals surface area (Å²) in [6, 6.07) is 11.6. The third-order valence-electron chi connectivity index (χ3n) is 6.17. The fraction of sp³-hybridized carbons (Fsp3) is 0.400. The van der Waals surface area contributed by atoms with E-state index in [9.17, 15) is 9.90 Å². The molecule has 0 atom stereocenters. The number of hydrogen-bond acceptors (Lipinski definition) is 5. The Morgan fingerprint density at radius 1 is 1.16 bits per heavy atom. The number of hydrogen-bond donors (Lipinski definition) is 2. The minimum Gasteiger partial charge on any atom is -0.507 e. The maximum atomic E-state index is 12.0. The zero-order valence-corrected chi connectivity index (χ0v) is 18.5. The lowest BCUT2D eigenvalue weighted by atomic mass is 9.99. The molecule has 3 aromatic rings. The number of nitrogens with zero attached hydrogens (tertiary/aromatic N) is 1. The van der Waals surface area contributed by atoms with Gasteiger partial charge in [-0.2, -0.15) is 0 Å². The molecule has 1 fully saturated rings. The zero-order chi connectivity index (χ0) is 22.0. The van der Waals surface area contributed by atoms with Crippen molar-refractivity contribution in [3.05, 3.63) is 63.5 Å². The van der Waals surface area contributed by atoms with E-state index >= 15 is 0 Å². The maximum Gasteiger partial charge on any atom is 0.336 e. The predicted molar refractivity (Wildman–Crippen MR) is 122 cm³/mol. The minimum atomic E-state index is -0.373. The van der Waals surface area contributed by atoms with Crippen LogP contribution in [0.5, 0.6) is 11.5 Å².